The molecule has 1 saturated carbocycles. The summed E-state index contributed by atoms with van der Waals surface area (Å²) in [6.45, 7) is 1.08. The van der Waals surface area contributed by atoms with Gasteiger partial charge in [0.25, 0.3) is 0 Å². The highest BCUT2D eigenvalue weighted by atomic mass is 16.6. The number of anilines is 1. The van der Waals surface area contributed by atoms with Gasteiger partial charge in [0, 0.05) is 11.8 Å². The number of hydrogen-bond donors (Lipinski definition) is 2. The van der Waals surface area contributed by atoms with Gasteiger partial charge >= 0.3 is 6.03 Å². The van der Waals surface area contributed by atoms with Crippen LogP contribution < -0.4 is 20.1 Å². The Morgan fingerprint density at radius 1 is 1.00 bits per heavy atom. The van der Waals surface area contributed by atoms with Crippen LogP contribution in [0.5, 0.6) is 11.5 Å². The molecule has 4 rings (SSSR count). The molecule has 5 heteroatoms. The number of nitrogens with one attached hydrogen (secondary N) is 2. The molecular formula is C19H20N2O3. The van der Waals surface area contributed by atoms with E-state index in [1.807, 2.05) is 30.3 Å². The second-order valence-electron chi connectivity index (χ2n) is 6.18. The molecule has 0 radical (unpaired) electrons. The topological polar surface area (TPSA) is 59.6 Å². The molecule has 1 unspecified atom stereocenters. The van der Waals surface area contributed by atoms with Crippen LogP contribution in [0.3, 0.4) is 0 Å². The summed E-state index contributed by atoms with van der Waals surface area (Å²) in [7, 11) is 0. The normalized spacial score (nSPS) is 17.0. The zero-order valence-corrected chi connectivity index (χ0v) is 13.3. The Hall–Kier alpha value is -2.69. The molecule has 0 aromatic heterocycles. The molecule has 24 heavy (non-hydrogen) atoms. The van der Waals surface area contributed by atoms with E-state index in [1.165, 1.54) is 0 Å². The molecule has 1 atom stereocenters. The molecule has 1 aliphatic carbocycles. The standard InChI is InChI=1S/C19H20N2O3/c22-19(20-15-8-9-16-17(12-15)24-11-10-23-16)21-18(14-6-7-14)13-4-2-1-3-5-13/h1-5,8-9,12,14,18H,6-7,10-11H2,(H2,20,21,22). The molecule has 1 fully saturated rings. The lowest BCUT2D eigenvalue weighted by Crippen LogP contribution is -2.33. The summed E-state index contributed by atoms with van der Waals surface area (Å²) in [6, 6.07) is 15.4. The van der Waals surface area contributed by atoms with Crippen LogP contribution in [-0.2, 0) is 0 Å². The first-order chi connectivity index (χ1) is 11.8. The minimum atomic E-state index is -0.201. The average molecular weight is 324 g/mol. The summed E-state index contributed by atoms with van der Waals surface area (Å²) in [6.07, 6.45) is 2.31. The van der Waals surface area contributed by atoms with E-state index in [1.54, 1.807) is 6.07 Å². The maximum Gasteiger partial charge on any atom is 0.319 e. The number of ether oxygens (including phenoxy) is 2. The third-order valence-electron chi connectivity index (χ3n) is 4.34. The van der Waals surface area contributed by atoms with Crippen LogP contribution in [0.4, 0.5) is 10.5 Å². The largest absolute Gasteiger partial charge is 0.486 e. The first kappa shape index (κ1) is 14.9. The van der Waals surface area contributed by atoms with Gasteiger partial charge in [-0.2, -0.15) is 0 Å². The minimum Gasteiger partial charge on any atom is -0.486 e. The summed E-state index contributed by atoms with van der Waals surface area (Å²) >= 11 is 0. The summed E-state index contributed by atoms with van der Waals surface area (Å²) in [5.41, 5.74) is 1.84. The van der Waals surface area contributed by atoms with E-state index in [0.29, 0.717) is 36.3 Å². The van der Waals surface area contributed by atoms with Gasteiger partial charge in [0.05, 0.1) is 6.04 Å². The second-order valence-corrected chi connectivity index (χ2v) is 6.18. The van der Waals surface area contributed by atoms with E-state index in [2.05, 4.69) is 22.8 Å². The highest BCUT2D eigenvalue weighted by molar-refractivity contribution is 5.90. The number of rotatable bonds is 4. The molecule has 1 heterocycles. The van der Waals surface area contributed by atoms with E-state index in [-0.39, 0.29) is 12.1 Å². The van der Waals surface area contributed by atoms with Gasteiger partial charge in [-0.25, -0.2) is 4.79 Å². The fraction of sp³-hybridized carbons (Fsp3) is 0.316. The summed E-state index contributed by atoms with van der Waals surface area (Å²) < 4.78 is 11.0. The van der Waals surface area contributed by atoms with Gasteiger partial charge in [0.1, 0.15) is 13.2 Å². The fourth-order valence-corrected chi connectivity index (χ4v) is 2.99. The smallest absolute Gasteiger partial charge is 0.319 e. The van der Waals surface area contributed by atoms with Crippen molar-refractivity contribution in [3.05, 3.63) is 54.1 Å². The highest BCUT2D eigenvalue weighted by Gasteiger charge is 2.33. The first-order valence-electron chi connectivity index (χ1n) is 8.32. The van der Waals surface area contributed by atoms with E-state index < -0.39 is 0 Å². The lowest BCUT2D eigenvalue weighted by molar-refractivity contribution is 0.171. The lowest BCUT2D eigenvalue weighted by Gasteiger charge is -2.21. The molecule has 5 nitrogen and oxygen atoms in total. The molecule has 1 aliphatic heterocycles. The van der Waals surface area contributed by atoms with Crippen LogP contribution in [0.2, 0.25) is 0 Å². The van der Waals surface area contributed by atoms with E-state index in [0.717, 1.165) is 18.4 Å². The number of carbonyl (C=O) groups is 1. The van der Waals surface area contributed by atoms with Crippen LogP contribution in [0.1, 0.15) is 24.4 Å². The number of hydrogen-bond acceptors (Lipinski definition) is 3. The van der Waals surface area contributed by atoms with Gasteiger partial charge in [-0.05, 0) is 36.5 Å². The van der Waals surface area contributed by atoms with Crippen molar-refractivity contribution in [2.24, 2.45) is 5.92 Å². The zero-order chi connectivity index (χ0) is 16.4. The number of benzene rings is 2. The third kappa shape index (κ3) is 3.30. The fourth-order valence-electron chi connectivity index (χ4n) is 2.99. The SMILES string of the molecule is O=C(Nc1ccc2c(c1)OCCO2)NC(c1ccccc1)C1CC1. The van der Waals surface area contributed by atoms with Crippen LogP contribution in [-0.4, -0.2) is 19.2 Å². The van der Waals surface area contributed by atoms with Gasteiger partial charge in [0.2, 0.25) is 0 Å². The average Bonchev–Trinajstić information content (AvgIpc) is 3.45. The summed E-state index contributed by atoms with van der Waals surface area (Å²) in [5.74, 6) is 1.91. The van der Waals surface area contributed by atoms with Gasteiger partial charge in [-0.15, -0.1) is 0 Å². The van der Waals surface area contributed by atoms with E-state index in [4.69, 9.17) is 9.47 Å². The summed E-state index contributed by atoms with van der Waals surface area (Å²) in [4.78, 5) is 12.4. The zero-order valence-electron chi connectivity index (χ0n) is 13.3. The first-order valence-corrected chi connectivity index (χ1v) is 8.32. The number of fused-ring (bicyclic) bond motifs is 1. The molecule has 0 bridgehead atoms. The van der Waals surface area contributed by atoms with Crippen molar-refractivity contribution < 1.29 is 14.3 Å². The molecule has 2 amide bonds. The monoisotopic (exact) mass is 324 g/mol. The number of urea groups is 1. The van der Waals surface area contributed by atoms with Gasteiger partial charge < -0.3 is 20.1 Å². The summed E-state index contributed by atoms with van der Waals surface area (Å²) in [5, 5.41) is 5.99. The second kappa shape index (κ2) is 6.43. The van der Waals surface area contributed by atoms with Crippen molar-refractivity contribution in [1.82, 2.24) is 5.32 Å². The number of amides is 2. The maximum absolute atomic E-state index is 12.4. The predicted octanol–water partition coefficient (Wildman–Crippen LogP) is 3.73. The molecular weight excluding hydrogens is 304 g/mol. The van der Waals surface area contributed by atoms with E-state index >= 15 is 0 Å². The Bertz CT molecular complexity index is 729. The predicted molar refractivity (Wildman–Crippen MR) is 91.5 cm³/mol. The van der Waals surface area contributed by atoms with Crippen LogP contribution in [0.15, 0.2) is 48.5 Å². The Morgan fingerprint density at radius 3 is 2.50 bits per heavy atom. The van der Waals surface area contributed by atoms with Crippen molar-refractivity contribution >= 4 is 11.7 Å². The highest BCUT2D eigenvalue weighted by Crippen LogP contribution is 2.41. The van der Waals surface area contributed by atoms with Gasteiger partial charge in [0.15, 0.2) is 11.5 Å². The molecule has 0 spiro atoms. The number of carbonyl (C=O) groups excluding carboxylic acids is 1. The quantitative estimate of drug-likeness (QED) is 0.901. The maximum atomic E-state index is 12.4. The third-order valence-corrected chi connectivity index (χ3v) is 4.34. The van der Waals surface area contributed by atoms with E-state index in [9.17, 15) is 4.79 Å². The Balaban J connectivity index is 1.44. The van der Waals surface area contributed by atoms with Crippen molar-refractivity contribution in [2.45, 2.75) is 18.9 Å². The minimum absolute atomic E-state index is 0.0587. The van der Waals surface area contributed by atoms with Crippen LogP contribution in [0.25, 0.3) is 0 Å². The Morgan fingerprint density at radius 2 is 1.75 bits per heavy atom. The lowest BCUT2D eigenvalue weighted by atomic mass is 10.0. The molecule has 0 saturated heterocycles. The molecule has 2 N–H and O–H groups in total. The van der Waals surface area contributed by atoms with Crippen LogP contribution in [0, 0.1) is 5.92 Å². The molecule has 124 valence electrons. The van der Waals surface area contributed by atoms with Crippen molar-refractivity contribution in [3.8, 4) is 11.5 Å². The van der Waals surface area contributed by atoms with Crippen molar-refractivity contribution in [2.75, 3.05) is 18.5 Å². The molecule has 2 aromatic rings. The van der Waals surface area contributed by atoms with Gasteiger partial charge in [-0.1, -0.05) is 30.3 Å². The van der Waals surface area contributed by atoms with Crippen molar-refractivity contribution in [1.29, 1.82) is 0 Å². The van der Waals surface area contributed by atoms with Crippen molar-refractivity contribution in [3.63, 3.8) is 0 Å². The molecule has 2 aliphatic rings. The Labute approximate surface area is 141 Å². The van der Waals surface area contributed by atoms with Crippen LogP contribution >= 0.6 is 0 Å². The van der Waals surface area contributed by atoms with Gasteiger partial charge in [-0.3, -0.25) is 0 Å². The molecule has 2 aromatic carbocycles. The Kier molecular flexibility index (Phi) is 3.99.